The molecule has 0 radical (unpaired) electrons. The lowest BCUT2D eigenvalue weighted by molar-refractivity contribution is -0.277. The molecule has 1 heterocycles. The molecule has 10 heteroatoms. The SMILES string of the molecule is Cc1cc(=O)c(S(N)(=O)=O)c(OC(F)(F)F)[nH]1. The molecular weight excluding hydrogens is 265 g/mol. The second kappa shape index (κ2) is 4.04. The van der Waals surface area contributed by atoms with E-state index < -0.39 is 32.6 Å². The Bertz CT molecular complexity index is 590. The zero-order valence-corrected chi connectivity index (χ0v) is 9.15. The number of nitrogens with one attached hydrogen (secondary N) is 1. The van der Waals surface area contributed by atoms with Crippen molar-refractivity contribution in [2.75, 3.05) is 0 Å². The first-order valence-electron chi connectivity index (χ1n) is 4.03. The standard InChI is InChI=1S/C7H7F3N2O4S/c1-3-2-4(13)5(17(11,14)15)6(12-3)16-7(8,9)10/h2H,1H3,(H,12,13)(H2,11,14,15). The van der Waals surface area contributed by atoms with Crippen molar-refractivity contribution in [3.05, 3.63) is 22.0 Å². The summed E-state index contributed by atoms with van der Waals surface area (Å²) >= 11 is 0. The number of sulfonamides is 1. The van der Waals surface area contributed by atoms with Crippen molar-refractivity contribution in [1.29, 1.82) is 0 Å². The van der Waals surface area contributed by atoms with Gasteiger partial charge in [0, 0.05) is 11.8 Å². The van der Waals surface area contributed by atoms with Crippen LogP contribution in [0.1, 0.15) is 5.69 Å². The van der Waals surface area contributed by atoms with Crippen LogP contribution in [0.4, 0.5) is 13.2 Å². The molecule has 17 heavy (non-hydrogen) atoms. The van der Waals surface area contributed by atoms with Gasteiger partial charge < -0.3 is 9.72 Å². The maximum absolute atomic E-state index is 12.0. The van der Waals surface area contributed by atoms with E-state index in [9.17, 15) is 26.4 Å². The van der Waals surface area contributed by atoms with E-state index in [1.807, 2.05) is 4.98 Å². The van der Waals surface area contributed by atoms with Gasteiger partial charge in [0.25, 0.3) is 0 Å². The number of H-pyrrole nitrogens is 1. The number of pyridine rings is 1. The van der Waals surface area contributed by atoms with Crippen LogP contribution in [0.25, 0.3) is 0 Å². The molecule has 3 N–H and O–H groups in total. The van der Waals surface area contributed by atoms with Crippen molar-refractivity contribution in [3.63, 3.8) is 0 Å². The molecule has 0 saturated carbocycles. The molecule has 0 aliphatic rings. The van der Waals surface area contributed by atoms with Crippen molar-refractivity contribution >= 4 is 10.0 Å². The fourth-order valence-corrected chi connectivity index (χ4v) is 1.79. The highest BCUT2D eigenvalue weighted by molar-refractivity contribution is 7.89. The van der Waals surface area contributed by atoms with Gasteiger partial charge in [-0.15, -0.1) is 13.2 Å². The average Bonchev–Trinajstić information content (AvgIpc) is 1.94. The van der Waals surface area contributed by atoms with Crippen LogP contribution < -0.4 is 15.3 Å². The smallest absolute Gasteiger partial charge is 0.388 e. The fraction of sp³-hybridized carbons (Fsp3) is 0.286. The third kappa shape index (κ3) is 3.46. The van der Waals surface area contributed by atoms with Crippen molar-refractivity contribution in [2.45, 2.75) is 18.2 Å². The van der Waals surface area contributed by atoms with Crippen LogP contribution in [0.5, 0.6) is 5.88 Å². The number of hydrogen-bond acceptors (Lipinski definition) is 4. The van der Waals surface area contributed by atoms with Gasteiger partial charge in [0.15, 0.2) is 4.90 Å². The van der Waals surface area contributed by atoms with Gasteiger partial charge in [-0.05, 0) is 6.92 Å². The van der Waals surface area contributed by atoms with E-state index in [2.05, 4.69) is 9.88 Å². The van der Waals surface area contributed by atoms with Gasteiger partial charge in [-0.25, -0.2) is 13.6 Å². The fourth-order valence-electron chi connectivity index (χ4n) is 1.10. The summed E-state index contributed by atoms with van der Waals surface area (Å²) in [5.41, 5.74) is -1.18. The Kier molecular flexibility index (Phi) is 3.21. The molecule has 96 valence electrons. The Labute approximate surface area is 93.3 Å². The highest BCUT2D eigenvalue weighted by atomic mass is 32.2. The predicted octanol–water partition coefficient (Wildman–Crippen LogP) is 0.229. The van der Waals surface area contributed by atoms with E-state index in [0.29, 0.717) is 0 Å². The summed E-state index contributed by atoms with van der Waals surface area (Å²) in [5.74, 6) is -1.25. The van der Waals surface area contributed by atoms with E-state index in [0.717, 1.165) is 6.07 Å². The van der Waals surface area contributed by atoms with Gasteiger partial charge in [-0.3, -0.25) is 4.79 Å². The van der Waals surface area contributed by atoms with E-state index >= 15 is 0 Å². The second-order valence-electron chi connectivity index (χ2n) is 3.07. The van der Waals surface area contributed by atoms with Crippen LogP contribution in [-0.4, -0.2) is 19.8 Å². The minimum atomic E-state index is -5.14. The normalized spacial score (nSPS) is 12.5. The molecule has 0 unspecified atom stereocenters. The highest BCUT2D eigenvalue weighted by Crippen LogP contribution is 2.24. The molecule has 0 spiro atoms. The Balaban J connectivity index is 3.53. The van der Waals surface area contributed by atoms with Gasteiger partial charge >= 0.3 is 6.36 Å². The largest absolute Gasteiger partial charge is 0.574 e. The molecule has 1 rings (SSSR count). The molecule has 0 aliphatic carbocycles. The van der Waals surface area contributed by atoms with Crippen molar-refractivity contribution in [1.82, 2.24) is 4.98 Å². The predicted molar refractivity (Wildman–Crippen MR) is 49.9 cm³/mol. The van der Waals surface area contributed by atoms with Gasteiger partial charge in [0.2, 0.25) is 21.3 Å². The zero-order valence-electron chi connectivity index (χ0n) is 8.33. The van der Waals surface area contributed by atoms with Crippen molar-refractivity contribution in [2.24, 2.45) is 5.14 Å². The Morgan fingerprint density at radius 2 is 1.94 bits per heavy atom. The zero-order chi connectivity index (χ0) is 13.4. The summed E-state index contributed by atoms with van der Waals surface area (Å²) in [4.78, 5) is 12.0. The Morgan fingerprint density at radius 3 is 2.35 bits per heavy atom. The Morgan fingerprint density at radius 1 is 1.41 bits per heavy atom. The first-order chi connectivity index (χ1) is 7.50. The second-order valence-corrected chi connectivity index (χ2v) is 4.57. The molecule has 1 aromatic heterocycles. The summed E-state index contributed by atoms with van der Waals surface area (Å²) < 4.78 is 61.3. The molecule has 1 aromatic rings. The van der Waals surface area contributed by atoms with Crippen LogP contribution in [0, 0.1) is 6.92 Å². The van der Waals surface area contributed by atoms with Crippen LogP contribution in [-0.2, 0) is 10.0 Å². The van der Waals surface area contributed by atoms with Gasteiger partial charge in [-0.1, -0.05) is 0 Å². The summed E-state index contributed by atoms with van der Waals surface area (Å²) in [6, 6.07) is 0.795. The lowest BCUT2D eigenvalue weighted by atomic mass is 10.4. The highest BCUT2D eigenvalue weighted by Gasteiger charge is 2.35. The van der Waals surface area contributed by atoms with E-state index in [-0.39, 0.29) is 5.69 Å². The quantitative estimate of drug-likeness (QED) is 0.804. The summed E-state index contributed by atoms with van der Waals surface area (Å²) in [6.07, 6.45) is -5.14. The minimum Gasteiger partial charge on any atom is -0.388 e. The summed E-state index contributed by atoms with van der Waals surface area (Å²) in [5, 5.41) is 4.63. The number of aryl methyl sites for hydroxylation is 1. The lowest BCUT2D eigenvalue weighted by Gasteiger charge is -2.11. The first kappa shape index (κ1) is 13.5. The number of aromatic amines is 1. The number of alkyl halides is 3. The molecule has 0 aliphatic heterocycles. The third-order valence-corrected chi connectivity index (χ3v) is 2.55. The van der Waals surface area contributed by atoms with Gasteiger partial charge in [-0.2, -0.15) is 0 Å². The maximum atomic E-state index is 12.0. The molecule has 0 atom stereocenters. The minimum absolute atomic E-state index is 0.00153. The number of hydrogen-bond donors (Lipinski definition) is 2. The number of nitrogens with two attached hydrogens (primary N) is 1. The van der Waals surface area contributed by atoms with Crippen LogP contribution >= 0.6 is 0 Å². The van der Waals surface area contributed by atoms with E-state index in [4.69, 9.17) is 0 Å². The van der Waals surface area contributed by atoms with Crippen LogP contribution in [0.3, 0.4) is 0 Å². The molecule has 0 fully saturated rings. The van der Waals surface area contributed by atoms with Crippen molar-refractivity contribution in [3.8, 4) is 5.88 Å². The molecule has 0 saturated heterocycles. The monoisotopic (exact) mass is 272 g/mol. The maximum Gasteiger partial charge on any atom is 0.574 e. The number of ether oxygens (including phenoxy) is 1. The van der Waals surface area contributed by atoms with E-state index in [1.54, 1.807) is 0 Å². The first-order valence-corrected chi connectivity index (χ1v) is 5.58. The summed E-state index contributed by atoms with van der Waals surface area (Å²) in [7, 11) is -4.62. The molecule has 0 amide bonds. The molecule has 6 nitrogen and oxygen atoms in total. The van der Waals surface area contributed by atoms with Crippen LogP contribution in [0.2, 0.25) is 0 Å². The van der Waals surface area contributed by atoms with Crippen LogP contribution in [0.15, 0.2) is 15.8 Å². The Hall–Kier alpha value is -1.55. The molecule has 0 bridgehead atoms. The van der Waals surface area contributed by atoms with Crippen molar-refractivity contribution < 1.29 is 26.3 Å². The number of aromatic nitrogens is 1. The number of halogens is 3. The average molecular weight is 272 g/mol. The molecular formula is C7H7F3N2O4S. The van der Waals surface area contributed by atoms with Gasteiger partial charge in [0.1, 0.15) is 0 Å². The topological polar surface area (TPSA) is 102 Å². The van der Waals surface area contributed by atoms with E-state index in [1.165, 1.54) is 6.92 Å². The summed E-state index contributed by atoms with van der Waals surface area (Å²) in [6.45, 7) is 1.26. The number of primary sulfonamides is 1. The lowest BCUT2D eigenvalue weighted by Crippen LogP contribution is -2.27. The number of rotatable bonds is 2. The third-order valence-electron chi connectivity index (χ3n) is 1.59. The van der Waals surface area contributed by atoms with Gasteiger partial charge in [0.05, 0.1) is 0 Å². The molecule has 0 aromatic carbocycles.